The van der Waals surface area contributed by atoms with Crippen molar-refractivity contribution in [3.05, 3.63) is 23.8 Å². The average molecular weight is 193 g/mol. The first kappa shape index (κ1) is 8.95. The predicted octanol–water partition coefficient (Wildman–Crippen LogP) is 3.27. The third-order valence-corrected chi connectivity index (χ3v) is 3.74. The molecule has 0 aromatic heterocycles. The van der Waals surface area contributed by atoms with Crippen LogP contribution < -0.4 is 4.90 Å². The minimum atomic E-state index is 0.598. The van der Waals surface area contributed by atoms with Crippen LogP contribution >= 0.6 is 11.8 Å². The Bertz CT molecular complexity index is 322. The van der Waals surface area contributed by atoms with E-state index < -0.39 is 0 Å². The quantitative estimate of drug-likeness (QED) is 0.673. The summed E-state index contributed by atoms with van der Waals surface area (Å²) in [6, 6.07) is 6.56. The molecule has 1 aromatic carbocycles. The highest BCUT2D eigenvalue weighted by molar-refractivity contribution is 8.00. The number of benzene rings is 1. The highest BCUT2D eigenvalue weighted by Gasteiger charge is 2.26. The summed E-state index contributed by atoms with van der Waals surface area (Å²) in [4.78, 5) is 3.91. The molecule has 0 fully saturated rings. The fraction of sp³-hybridized carbons (Fsp3) is 0.455. The van der Waals surface area contributed by atoms with Crippen LogP contribution in [0.3, 0.4) is 0 Å². The number of hydrogen-bond acceptors (Lipinski definition) is 2. The summed E-state index contributed by atoms with van der Waals surface area (Å²) in [5.41, 5.74) is 2.85. The second-order valence-corrected chi connectivity index (χ2v) is 4.78. The van der Waals surface area contributed by atoms with Crippen molar-refractivity contribution in [2.75, 3.05) is 11.4 Å². The van der Waals surface area contributed by atoms with Gasteiger partial charge in [-0.15, -0.1) is 0 Å². The number of thioether (sulfide) groups is 1. The molecule has 0 saturated heterocycles. The topological polar surface area (TPSA) is 3.24 Å². The Morgan fingerprint density at radius 1 is 1.46 bits per heavy atom. The van der Waals surface area contributed by atoms with E-state index in [1.807, 2.05) is 11.8 Å². The maximum atomic E-state index is 2.47. The first-order valence-corrected chi connectivity index (χ1v) is 5.65. The summed E-state index contributed by atoms with van der Waals surface area (Å²) >= 11 is 1.96. The van der Waals surface area contributed by atoms with E-state index in [-0.39, 0.29) is 0 Å². The number of para-hydroxylation sites is 1. The number of fused-ring (bicyclic) bond motifs is 1. The van der Waals surface area contributed by atoms with Gasteiger partial charge in [0, 0.05) is 11.4 Å². The second kappa shape index (κ2) is 3.26. The molecule has 1 aromatic rings. The van der Waals surface area contributed by atoms with Crippen molar-refractivity contribution in [3.8, 4) is 0 Å². The van der Waals surface area contributed by atoms with E-state index >= 15 is 0 Å². The molecule has 0 radical (unpaired) electrons. The van der Waals surface area contributed by atoms with Gasteiger partial charge in [0.2, 0.25) is 0 Å². The first-order valence-electron chi connectivity index (χ1n) is 4.77. The molecule has 0 saturated carbocycles. The molecule has 70 valence electrons. The maximum Gasteiger partial charge on any atom is 0.0769 e. The van der Waals surface area contributed by atoms with Crippen LogP contribution in [0, 0.1) is 6.92 Å². The SMILES string of the molecule is CCN1c2c(C)cccc2SC1C. The largest absolute Gasteiger partial charge is 0.359 e. The minimum absolute atomic E-state index is 0.598. The van der Waals surface area contributed by atoms with E-state index in [0.717, 1.165) is 6.54 Å². The van der Waals surface area contributed by atoms with Gasteiger partial charge in [0.1, 0.15) is 0 Å². The van der Waals surface area contributed by atoms with Crippen LogP contribution in [0.1, 0.15) is 19.4 Å². The van der Waals surface area contributed by atoms with E-state index in [0.29, 0.717) is 5.37 Å². The van der Waals surface area contributed by atoms with E-state index in [1.54, 1.807) is 0 Å². The number of anilines is 1. The lowest BCUT2D eigenvalue weighted by molar-refractivity contribution is 0.830. The van der Waals surface area contributed by atoms with E-state index in [2.05, 4.69) is 43.9 Å². The van der Waals surface area contributed by atoms with Gasteiger partial charge in [0.15, 0.2) is 0 Å². The summed E-state index contributed by atoms with van der Waals surface area (Å²) in [7, 11) is 0. The van der Waals surface area contributed by atoms with E-state index in [1.165, 1.54) is 16.1 Å². The Kier molecular flexibility index (Phi) is 2.24. The zero-order chi connectivity index (χ0) is 9.42. The lowest BCUT2D eigenvalue weighted by Gasteiger charge is -2.22. The number of aryl methyl sites for hydroxylation is 1. The monoisotopic (exact) mass is 193 g/mol. The molecule has 1 aliphatic heterocycles. The van der Waals surface area contributed by atoms with E-state index in [9.17, 15) is 0 Å². The zero-order valence-electron chi connectivity index (χ0n) is 8.37. The third kappa shape index (κ3) is 1.33. The summed E-state index contributed by atoms with van der Waals surface area (Å²) in [5.74, 6) is 0. The van der Waals surface area contributed by atoms with Gasteiger partial charge in [-0.05, 0) is 32.4 Å². The highest BCUT2D eigenvalue weighted by Crippen LogP contribution is 2.44. The Hall–Kier alpha value is -0.630. The van der Waals surface area contributed by atoms with Crippen molar-refractivity contribution < 1.29 is 0 Å². The van der Waals surface area contributed by atoms with Gasteiger partial charge in [-0.1, -0.05) is 23.9 Å². The lowest BCUT2D eigenvalue weighted by Crippen LogP contribution is -2.26. The molecular weight excluding hydrogens is 178 g/mol. The summed E-state index contributed by atoms with van der Waals surface area (Å²) in [6.07, 6.45) is 0. The lowest BCUT2D eigenvalue weighted by atomic mass is 10.2. The fourth-order valence-corrected chi connectivity index (χ4v) is 3.24. The predicted molar refractivity (Wildman–Crippen MR) is 59.5 cm³/mol. The molecule has 0 aliphatic carbocycles. The van der Waals surface area contributed by atoms with Crippen LogP contribution in [0.25, 0.3) is 0 Å². The Morgan fingerprint density at radius 3 is 2.92 bits per heavy atom. The summed E-state index contributed by atoms with van der Waals surface area (Å²) in [5, 5.41) is 0.598. The molecule has 1 nitrogen and oxygen atoms in total. The molecule has 0 spiro atoms. The molecule has 1 aliphatic rings. The van der Waals surface area contributed by atoms with Gasteiger partial charge >= 0.3 is 0 Å². The van der Waals surface area contributed by atoms with Gasteiger partial charge < -0.3 is 4.90 Å². The van der Waals surface area contributed by atoms with Gasteiger partial charge in [0.25, 0.3) is 0 Å². The second-order valence-electron chi connectivity index (χ2n) is 3.42. The van der Waals surface area contributed by atoms with Crippen LogP contribution in [0.5, 0.6) is 0 Å². The number of rotatable bonds is 1. The molecule has 1 unspecified atom stereocenters. The molecule has 13 heavy (non-hydrogen) atoms. The van der Waals surface area contributed by atoms with Gasteiger partial charge in [-0.3, -0.25) is 0 Å². The molecule has 0 N–H and O–H groups in total. The van der Waals surface area contributed by atoms with Crippen molar-refractivity contribution in [3.63, 3.8) is 0 Å². The molecular formula is C11H15NS. The van der Waals surface area contributed by atoms with Crippen molar-refractivity contribution in [1.29, 1.82) is 0 Å². The van der Waals surface area contributed by atoms with Crippen LogP contribution in [0.4, 0.5) is 5.69 Å². The van der Waals surface area contributed by atoms with Crippen molar-refractivity contribution in [2.45, 2.75) is 31.0 Å². The van der Waals surface area contributed by atoms with Crippen LogP contribution in [-0.4, -0.2) is 11.9 Å². The van der Waals surface area contributed by atoms with Gasteiger partial charge in [0.05, 0.1) is 11.1 Å². The summed E-state index contributed by atoms with van der Waals surface area (Å²) in [6.45, 7) is 7.79. The minimum Gasteiger partial charge on any atom is -0.359 e. The van der Waals surface area contributed by atoms with Crippen molar-refractivity contribution in [2.24, 2.45) is 0 Å². The normalized spacial score (nSPS) is 20.5. The molecule has 2 rings (SSSR count). The fourth-order valence-electron chi connectivity index (χ4n) is 1.94. The standard InChI is InChI=1S/C11H15NS/c1-4-12-9(3)13-10-7-5-6-8(2)11(10)12/h5-7,9H,4H2,1-3H3. The zero-order valence-corrected chi connectivity index (χ0v) is 9.19. The maximum absolute atomic E-state index is 2.47. The van der Waals surface area contributed by atoms with Crippen LogP contribution in [0.2, 0.25) is 0 Å². The smallest absolute Gasteiger partial charge is 0.0769 e. The Morgan fingerprint density at radius 2 is 2.23 bits per heavy atom. The Balaban J connectivity index is 2.49. The highest BCUT2D eigenvalue weighted by atomic mass is 32.2. The number of hydrogen-bond donors (Lipinski definition) is 0. The average Bonchev–Trinajstić information content (AvgIpc) is 2.42. The molecule has 1 atom stereocenters. The van der Waals surface area contributed by atoms with Gasteiger partial charge in [-0.25, -0.2) is 0 Å². The van der Waals surface area contributed by atoms with Crippen molar-refractivity contribution >= 4 is 17.4 Å². The van der Waals surface area contributed by atoms with Crippen molar-refractivity contribution in [1.82, 2.24) is 0 Å². The summed E-state index contributed by atoms with van der Waals surface area (Å²) < 4.78 is 0. The van der Waals surface area contributed by atoms with E-state index in [4.69, 9.17) is 0 Å². The molecule has 0 bridgehead atoms. The van der Waals surface area contributed by atoms with Crippen LogP contribution in [-0.2, 0) is 0 Å². The van der Waals surface area contributed by atoms with Gasteiger partial charge in [-0.2, -0.15) is 0 Å². The number of nitrogens with zero attached hydrogens (tertiary/aromatic N) is 1. The Labute approximate surface area is 84.1 Å². The molecule has 2 heteroatoms. The van der Waals surface area contributed by atoms with Crippen LogP contribution in [0.15, 0.2) is 23.1 Å². The third-order valence-electron chi connectivity index (χ3n) is 2.57. The molecule has 1 heterocycles. The molecule has 0 amide bonds. The first-order chi connectivity index (χ1) is 6.24.